The summed E-state index contributed by atoms with van der Waals surface area (Å²) in [5.74, 6) is 0. The standard InChI is InChI=1S/C14H18N4/c1-3-4-7-12(2)16-13-8-5-6-9-14(13)18-11-10-15-17-18/h3,5-6,8-12,16H,1,4,7H2,2H3. The molecule has 2 rings (SSSR count). The maximum absolute atomic E-state index is 4.03. The van der Waals surface area contributed by atoms with Gasteiger partial charge < -0.3 is 5.32 Å². The van der Waals surface area contributed by atoms with Crippen LogP contribution in [0, 0.1) is 0 Å². The Kier molecular flexibility index (Phi) is 4.12. The molecule has 1 heterocycles. The smallest absolute Gasteiger partial charge is 0.0894 e. The van der Waals surface area contributed by atoms with E-state index in [1.807, 2.05) is 30.5 Å². The van der Waals surface area contributed by atoms with Crippen molar-refractivity contribution in [3.63, 3.8) is 0 Å². The first-order valence-electron chi connectivity index (χ1n) is 6.14. The summed E-state index contributed by atoms with van der Waals surface area (Å²) in [5, 5.41) is 11.4. The number of benzene rings is 1. The van der Waals surface area contributed by atoms with Crippen LogP contribution in [0.1, 0.15) is 19.8 Å². The van der Waals surface area contributed by atoms with Crippen molar-refractivity contribution in [2.45, 2.75) is 25.8 Å². The molecule has 0 fully saturated rings. The van der Waals surface area contributed by atoms with Gasteiger partial charge in [0.15, 0.2) is 0 Å². The highest BCUT2D eigenvalue weighted by molar-refractivity contribution is 5.60. The number of allylic oxidation sites excluding steroid dienone is 1. The molecule has 1 N–H and O–H groups in total. The summed E-state index contributed by atoms with van der Waals surface area (Å²) in [6, 6.07) is 8.49. The molecule has 0 saturated heterocycles. The highest BCUT2D eigenvalue weighted by atomic mass is 15.4. The van der Waals surface area contributed by atoms with E-state index < -0.39 is 0 Å². The lowest BCUT2D eigenvalue weighted by Gasteiger charge is -2.17. The molecular weight excluding hydrogens is 224 g/mol. The SMILES string of the molecule is C=CCCC(C)Nc1ccccc1-n1ccnn1. The van der Waals surface area contributed by atoms with Gasteiger partial charge in [0, 0.05) is 6.04 Å². The van der Waals surface area contributed by atoms with Crippen molar-refractivity contribution in [3.05, 3.63) is 49.3 Å². The highest BCUT2D eigenvalue weighted by Gasteiger charge is 2.07. The van der Waals surface area contributed by atoms with E-state index in [9.17, 15) is 0 Å². The minimum absolute atomic E-state index is 0.396. The van der Waals surface area contributed by atoms with Crippen LogP contribution in [0.4, 0.5) is 5.69 Å². The Hall–Kier alpha value is -2.10. The molecule has 1 atom stereocenters. The Balaban J connectivity index is 2.15. The number of rotatable bonds is 6. The summed E-state index contributed by atoms with van der Waals surface area (Å²) in [5.41, 5.74) is 2.08. The maximum Gasteiger partial charge on any atom is 0.0894 e. The van der Waals surface area contributed by atoms with Crippen LogP contribution < -0.4 is 5.32 Å². The normalized spacial score (nSPS) is 12.1. The van der Waals surface area contributed by atoms with Crippen LogP contribution in [0.25, 0.3) is 5.69 Å². The fraction of sp³-hybridized carbons (Fsp3) is 0.286. The molecule has 0 bridgehead atoms. The summed E-state index contributed by atoms with van der Waals surface area (Å²) in [6.45, 7) is 5.92. The number of hydrogen-bond acceptors (Lipinski definition) is 3. The zero-order valence-electron chi connectivity index (χ0n) is 10.6. The quantitative estimate of drug-likeness (QED) is 0.792. The van der Waals surface area contributed by atoms with E-state index in [0.29, 0.717) is 6.04 Å². The Bertz CT molecular complexity index is 490. The van der Waals surface area contributed by atoms with Crippen LogP contribution in [0.15, 0.2) is 49.3 Å². The summed E-state index contributed by atoms with van der Waals surface area (Å²) in [6.07, 6.45) is 7.54. The van der Waals surface area contributed by atoms with Gasteiger partial charge in [-0.3, -0.25) is 0 Å². The lowest BCUT2D eigenvalue weighted by atomic mass is 10.1. The molecule has 0 aliphatic rings. The second-order valence-corrected chi connectivity index (χ2v) is 4.28. The van der Waals surface area contributed by atoms with E-state index in [4.69, 9.17) is 0 Å². The molecule has 0 aliphatic heterocycles. The summed E-state index contributed by atoms with van der Waals surface area (Å²) >= 11 is 0. The van der Waals surface area contributed by atoms with Gasteiger partial charge in [-0.25, -0.2) is 4.68 Å². The fourth-order valence-electron chi connectivity index (χ4n) is 1.84. The summed E-state index contributed by atoms with van der Waals surface area (Å²) in [7, 11) is 0. The van der Waals surface area contributed by atoms with Gasteiger partial charge in [-0.2, -0.15) is 0 Å². The molecular formula is C14H18N4. The molecule has 4 heteroatoms. The van der Waals surface area contributed by atoms with Gasteiger partial charge in [0.05, 0.1) is 23.8 Å². The number of nitrogens with one attached hydrogen (secondary N) is 1. The third-order valence-electron chi connectivity index (χ3n) is 2.78. The molecule has 1 aromatic heterocycles. The number of anilines is 1. The molecule has 94 valence electrons. The molecule has 0 radical (unpaired) electrons. The largest absolute Gasteiger partial charge is 0.381 e. The van der Waals surface area contributed by atoms with Crippen LogP contribution in [0.5, 0.6) is 0 Å². The van der Waals surface area contributed by atoms with Crippen molar-refractivity contribution >= 4 is 5.69 Å². The van der Waals surface area contributed by atoms with Gasteiger partial charge in [0.1, 0.15) is 0 Å². The van der Waals surface area contributed by atoms with Gasteiger partial charge in [0.25, 0.3) is 0 Å². The van der Waals surface area contributed by atoms with E-state index in [1.165, 1.54) is 0 Å². The third-order valence-corrected chi connectivity index (χ3v) is 2.78. The van der Waals surface area contributed by atoms with Crippen molar-refractivity contribution < 1.29 is 0 Å². The molecule has 0 spiro atoms. The number of aromatic nitrogens is 3. The monoisotopic (exact) mass is 242 g/mol. The van der Waals surface area contributed by atoms with Crippen LogP contribution >= 0.6 is 0 Å². The molecule has 1 aromatic carbocycles. The predicted molar refractivity (Wildman–Crippen MR) is 73.9 cm³/mol. The number of para-hydroxylation sites is 2. The maximum atomic E-state index is 4.03. The third kappa shape index (κ3) is 2.97. The second-order valence-electron chi connectivity index (χ2n) is 4.28. The van der Waals surface area contributed by atoms with E-state index in [-0.39, 0.29) is 0 Å². The lowest BCUT2D eigenvalue weighted by molar-refractivity contribution is 0.715. The summed E-state index contributed by atoms with van der Waals surface area (Å²) in [4.78, 5) is 0. The fourth-order valence-corrected chi connectivity index (χ4v) is 1.84. The molecule has 4 nitrogen and oxygen atoms in total. The van der Waals surface area contributed by atoms with Gasteiger partial charge in [0.2, 0.25) is 0 Å². The first kappa shape index (κ1) is 12.4. The zero-order chi connectivity index (χ0) is 12.8. The minimum Gasteiger partial charge on any atom is -0.381 e. The Labute approximate surface area is 107 Å². The van der Waals surface area contributed by atoms with Crippen molar-refractivity contribution in [1.29, 1.82) is 0 Å². The average molecular weight is 242 g/mol. The molecule has 0 aliphatic carbocycles. The lowest BCUT2D eigenvalue weighted by Crippen LogP contribution is -2.16. The molecule has 0 amide bonds. The summed E-state index contributed by atoms with van der Waals surface area (Å²) < 4.78 is 1.77. The van der Waals surface area contributed by atoms with Crippen molar-refractivity contribution in [2.75, 3.05) is 5.32 Å². The Morgan fingerprint density at radius 3 is 3.00 bits per heavy atom. The second kappa shape index (κ2) is 6.00. The van der Waals surface area contributed by atoms with Gasteiger partial charge in [-0.05, 0) is 31.9 Å². The number of nitrogens with zero attached hydrogens (tertiary/aromatic N) is 3. The van der Waals surface area contributed by atoms with Crippen LogP contribution in [-0.4, -0.2) is 21.0 Å². The first-order valence-corrected chi connectivity index (χ1v) is 6.14. The zero-order valence-corrected chi connectivity index (χ0v) is 10.6. The van der Waals surface area contributed by atoms with Gasteiger partial charge in [-0.1, -0.05) is 23.4 Å². The molecule has 0 saturated carbocycles. The van der Waals surface area contributed by atoms with Crippen molar-refractivity contribution in [3.8, 4) is 5.69 Å². The number of hydrogen-bond donors (Lipinski definition) is 1. The van der Waals surface area contributed by atoms with Crippen molar-refractivity contribution in [1.82, 2.24) is 15.0 Å². The average Bonchev–Trinajstić information content (AvgIpc) is 2.91. The first-order chi connectivity index (χ1) is 8.81. The molecule has 18 heavy (non-hydrogen) atoms. The van der Waals surface area contributed by atoms with Gasteiger partial charge in [-0.15, -0.1) is 11.7 Å². The predicted octanol–water partition coefficient (Wildman–Crippen LogP) is 3.03. The topological polar surface area (TPSA) is 42.7 Å². The van der Waals surface area contributed by atoms with Crippen LogP contribution in [-0.2, 0) is 0 Å². The van der Waals surface area contributed by atoms with E-state index in [2.05, 4.69) is 35.2 Å². The van der Waals surface area contributed by atoms with Crippen molar-refractivity contribution in [2.24, 2.45) is 0 Å². The molecule has 2 aromatic rings. The Morgan fingerprint density at radius 1 is 1.44 bits per heavy atom. The minimum atomic E-state index is 0.396. The van der Waals surface area contributed by atoms with E-state index >= 15 is 0 Å². The van der Waals surface area contributed by atoms with Crippen LogP contribution in [0.2, 0.25) is 0 Å². The van der Waals surface area contributed by atoms with E-state index in [0.717, 1.165) is 24.2 Å². The highest BCUT2D eigenvalue weighted by Crippen LogP contribution is 2.20. The van der Waals surface area contributed by atoms with Crippen LogP contribution in [0.3, 0.4) is 0 Å². The van der Waals surface area contributed by atoms with E-state index in [1.54, 1.807) is 10.9 Å². The molecule has 1 unspecified atom stereocenters. The Morgan fingerprint density at radius 2 is 2.28 bits per heavy atom. The van der Waals surface area contributed by atoms with Gasteiger partial charge >= 0.3 is 0 Å².